The Balaban J connectivity index is 2.48. The van der Waals surface area contributed by atoms with E-state index in [4.69, 9.17) is 13.9 Å². The van der Waals surface area contributed by atoms with Crippen LogP contribution < -0.4 is 4.74 Å². The number of rotatable bonds is 4. The van der Waals surface area contributed by atoms with Crippen molar-refractivity contribution in [2.45, 2.75) is 6.92 Å². The molecule has 0 radical (unpaired) electrons. The Kier molecular flexibility index (Phi) is 4.21. The summed E-state index contributed by atoms with van der Waals surface area (Å²) in [5, 5.41) is 0. The van der Waals surface area contributed by atoms with Gasteiger partial charge >= 0.3 is 5.97 Å². The van der Waals surface area contributed by atoms with E-state index < -0.39 is 5.97 Å². The van der Waals surface area contributed by atoms with Crippen LogP contribution in [0, 0.1) is 0 Å². The van der Waals surface area contributed by atoms with Gasteiger partial charge in [-0.2, -0.15) is 0 Å². The summed E-state index contributed by atoms with van der Waals surface area (Å²) in [5.41, 5.74) is 0.829. The van der Waals surface area contributed by atoms with Crippen molar-refractivity contribution in [1.29, 1.82) is 0 Å². The lowest BCUT2D eigenvalue weighted by Gasteiger charge is -2.06. The van der Waals surface area contributed by atoms with Gasteiger partial charge in [0, 0.05) is 10.0 Å². The van der Waals surface area contributed by atoms with Gasteiger partial charge in [-0.05, 0) is 25.1 Å². The van der Waals surface area contributed by atoms with Crippen LogP contribution in [0.5, 0.6) is 5.75 Å². The van der Waals surface area contributed by atoms with Gasteiger partial charge in [-0.3, -0.25) is 0 Å². The van der Waals surface area contributed by atoms with Gasteiger partial charge in [-0.1, -0.05) is 15.9 Å². The minimum Gasteiger partial charge on any atom is -0.497 e. The van der Waals surface area contributed by atoms with Gasteiger partial charge < -0.3 is 13.9 Å². The summed E-state index contributed by atoms with van der Waals surface area (Å²) in [5.74, 6) is 0.495. The summed E-state index contributed by atoms with van der Waals surface area (Å²) in [6, 6.07) is 5.37. The Bertz CT molecular complexity index is 594. The van der Waals surface area contributed by atoms with E-state index in [0.717, 1.165) is 4.47 Å². The molecule has 0 aliphatic carbocycles. The Morgan fingerprint density at radius 3 is 2.95 bits per heavy atom. The predicted molar refractivity (Wildman–Crippen MR) is 72.1 cm³/mol. The second-order valence-electron chi connectivity index (χ2n) is 3.60. The SMILES string of the molecule is CCOC(=O)c1ncoc1-c1cc(OC)ccc1Br. The minimum atomic E-state index is -0.513. The van der Waals surface area contributed by atoms with Gasteiger partial charge in [-0.15, -0.1) is 0 Å². The Labute approximate surface area is 118 Å². The van der Waals surface area contributed by atoms with Crippen molar-refractivity contribution in [2.75, 3.05) is 13.7 Å². The van der Waals surface area contributed by atoms with Gasteiger partial charge in [0.2, 0.25) is 0 Å². The first-order valence-electron chi connectivity index (χ1n) is 5.62. The molecule has 0 fully saturated rings. The van der Waals surface area contributed by atoms with E-state index in [9.17, 15) is 4.79 Å². The molecular weight excluding hydrogens is 314 g/mol. The molecule has 0 aliphatic heterocycles. The molecule has 0 N–H and O–H groups in total. The number of esters is 1. The van der Waals surface area contributed by atoms with Gasteiger partial charge in [0.1, 0.15) is 5.75 Å². The average molecular weight is 326 g/mol. The highest BCUT2D eigenvalue weighted by atomic mass is 79.9. The zero-order valence-corrected chi connectivity index (χ0v) is 12.1. The lowest BCUT2D eigenvalue weighted by atomic mass is 10.1. The first-order chi connectivity index (χ1) is 9.17. The number of carbonyl (C=O) groups excluding carboxylic acids is 1. The maximum Gasteiger partial charge on any atom is 0.360 e. The van der Waals surface area contributed by atoms with Gasteiger partial charge in [0.25, 0.3) is 0 Å². The van der Waals surface area contributed by atoms with E-state index in [1.165, 1.54) is 6.39 Å². The summed E-state index contributed by atoms with van der Waals surface area (Å²) >= 11 is 3.41. The quantitative estimate of drug-likeness (QED) is 0.807. The minimum absolute atomic E-state index is 0.149. The topological polar surface area (TPSA) is 61.6 Å². The molecule has 5 nitrogen and oxygen atoms in total. The Morgan fingerprint density at radius 2 is 2.26 bits per heavy atom. The van der Waals surface area contributed by atoms with Crippen molar-refractivity contribution in [3.05, 3.63) is 34.8 Å². The first kappa shape index (κ1) is 13.6. The van der Waals surface area contributed by atoms with Crippen LogP contribution in [0.2, 0.25) is 0 Å². The van der Waals surface area contributed by atoms with Crippen molar-refractivity contribution >= 4 is 21.9 Å². The molecule has 1 heterocycles. The maximum atomic E-state index is 11.8. The molecular formula is C13H12BrNO4. The largest absolute Gasteiger partial charge is 0.497 e. The van der Waals surface area contributed by atoms with Crippen LogP contribution in [0.25, 0.3) is 11.3 Å². The van der Waals surface area contributed by atoms with Crippen molar-refractivity contribution in [3.8, 4) is 17.1 Å². The molecule has 0 atom stereocenters. The molecule has 0 aliphatic rings. The highest BCUT2D eigenvalue weighted by Crippen LogP contribution is 2.33. The van der Waals surface area contributed by atoms with Crippen molar-refractivity contribution in [2.24, 2.45) is 0 Å². The fourth-order valence-electron chi connectivity index (χ4n) is 1.59. The molecule has 6 heteroatoms. The number of benzene rings is 1. The van der Waals surface area contributed by atoms with Crippen LogP contribution >= 0.6 is 15.9 Å². The highest BCUT2D eigenvalue weighted by Gasteiger charge is 2.21. The molecule has 0 bridgehead atoms. The number of aromatic nitrogens is 1. The fraction of sp³-hybridized carbons (Fsp3) is 0.231. The number of hydrogen-bond donors (Lipinski definition) is 0. The number of halogens is 1. The van der Waals surface area contributed by atoms with Crippen LogP contribution in [-0.4, -0.2) is 24.7 Å². The number of oxazole rings is 1. The third-order valence-corrected chi connectivity index (χ3v) is 3.15. The molecule has 1 aromatic carbocycles. The zero-order chi connectivity index (χ0) is 13.8. The molecule has 0 spiro atoms. The zero-order valence-electron chi connectivity index (χ0n) is 10.5. The molecule has 100 valence electrons. The third-order valence-electron chi connectivity index (χ3n) is 2.45. The summed E-state index contributed by atoms with van der Waals surface area (Å²) in [6.07, 6.45) is 1.22. The first-order valence-corrected chi connectivity index (χ1v) is 6.41. The van der Waals surface area contributed by atoms with Gasteiger partial charge in [0.05, 0.1) is 13.7 Å². The summed E-state index contributed by atoms with van der Waals surface area (Å²) in [6.45, 7) is 2.02. The van der Waals surface area contributed by atoms with Gasteiger partial charge in [0.15, 0.2) is 17.8 Å². The summed E-state index contributed by atoms with van der Waals surface area (Å²) in [7, 11) is 1.57. The van der Waals surface area contributed by atoms with E-state index in [2.05, 4.69) is 20.9 Å². The normalized spacial score (nSPS) is 10.3. The molecule has 19 heavy (non-hydrogen) atoms. The van der Waals surface area contributed by atoms with Crippen LogP contribution in [0.15, 0.2) is 33.5 Å². The van der Waals surface area contributed by atoms with Crippen molar-refractivity contribution in [1.82, 2.24) is 4.98 Å². The Hall–Kier alpha value is -1.82. The molecule has 0 amide bonds. The predicted octanol–water partition coefficient (Wildman–Crippen LogP) is 3.29. The molecule has 0 saturated carbocycles. The standard InChI is InChI=1S/C13H12BrNO4/c1-3-18-13(16)11-12(19-7-15-11)9-6-8(17-2)4-5-10(9)14/h4-7H,3H2,1-2H3. The number of ether oxygens (including phenoxy) is 2. The number of methoxy groups -OCH3 is 1. The third kappa shape index (κ3) is 2.78. The monoisotopic (exact) mass is 325 g/mol. The fourth-order valence-corrected chi connectivity index (χ4v) is 2.01. The molecule has 0 saturated heterocycles. The van der Waals surface area contributed by atoms with Crippen molar-refractivity contribution < 1.29 is 18.7 Å². The van der Waals surface area contributed by atoms with E-state index in [0.29, 0.717) is 17.1 Å². The van der Waals surface area contributed by atoms with Gasteiger partial charge in [-0.25, -0.2) is 9.78 Å². The van der Waals surface area contributed by atoms with Crippen LogP contribution in [0.3, 0.4) is 0 Å². The van der Waals surface area contributed by atoms with E-state index >= 15 is 0 Å². The van der Waals surface area contributed by atoms with Crippen molar-refractivity contribution in [3.63, 3.8) is 0 Å². The number of nitrogens with zero attached hydrogens (tertiary/aromatic N) is 1. The molecule has 2 rings (SSSR count). The van der Waals surface area contributed by atoms with E-state index in [-0.39, 0.29) is 12.3 Å². The molecule has 2 aromatic rings. The lowest BCUT2D eigenvalue weighted by Crippen LogP contribution is -2.06. The lowest BCUT2D eigenvalue weighted by molar-refractivity contribution is 0.0520. The molecule has 0 unspecified atom stereocenters. The molecule has 1 aromatic heterocycles. The van der Waals surface area contributed by atoms with E-state index in [1.54, 1.807) is 26.2 Å². The Morgan fingerprint density at radius 1 is 1.47 bits per heavy atom. The maximum absolute atomic E-state index is 11.8. The number of hydrogen-bond acceptors (Lipinski definition) is 5. The summed E-state index contributed by atoms with van der Waals surface area (Å²) < 4.78 is 16.2. The average Bonchev–Trinajstić information content (AvgIpc) is 2.89. The van der Waals surface area contributed by atoms with Crippen LogP contribution in [0.1, 0.15) is 17.4 Å². The second-order valence-corrected chi connectivity index (χ2v) is 4.45. The van der Waals surface area contributed by atoms with Crippen LogP contribution in [0.4, 0.5) is 0 Å². The summed E-state index contributed by atoms with van der Waals surface area (Å²) in [4.78, 5) is 15.7. The van der Waals surface area contributed by atoms with E-state index in [1.807, 2.05) is 6.07 Å². The number of carbonyl (C=O) groups is 1. The smallest absolute Gasteiger partial charge is 0.360 e. The second kappa shape index (κ2) is 5.88. The van der Waals surface area contributed by atoms with Crippen LogP contribution in [-0.2, 0) is 4.74 Å². The highest BCUT2D eigenvalue weighted by molar-refractivity contribution is 9.10.